The van der Waals surface area contributed by atoms with Crippen LogP contribution >= 0.6 is 0 Å². The number of hydrogen-bond acceptors (Lipinski definition) is 4. The van der Waals surface area contributed by atoms with Gasteiger partial charge in [-0.1, -0.05) is 0 Å². The standard InChI is InChI=1S/C12H15N5O/c1-7-5-11(9(6-13)8(2)15-7)17-4-3-10(16-17)12(14)18/h3-5H,6,13H2,1-2H3,(H2,14,18). The maximum Gasteiger partial charge on any atom is 0.269 e. The van der Waals surface area contributed by atoms with E-state index in [1.54, 1.807) is 16.9 Å². The van der Waals surface area contributed by atoms with Gasteiger partial charge in [0.2, 0.25) is 0 Å². The smallest absolute Gasteiger partial charge is 0.269 e. The predicted molar refractivity (Wildman–Crippen MR) is 67.2 cm³/mol. The molecule has 0 aromatic carbocycles. The van der Waals surface area contributed by atoms with E-state index in [0.29, 0.717) is 6.54 Å². The summed E-state index contributed by atoms with van der Waals surface area (Å²) in [5.41, 5.74) is 14.6. The highest BCUT2D eigenvalue weighted by Crippen LogP contribution is 2.18. The van der Waals surface area contributed by atoms with Crippen molar-refractivity contribution in [3.8, 4) is 5.69 Å². The van der Waals surface area contributed by atoms with Crippen molar-refractivity contribution in [1.29, 1.82) is 0 Å². The zero-order valence-corrected chi connectivity index (χ0v) is 10.3. The van der Waals surface area contributed by atoms with Crippen molar-refractivity contribution in [1.82, 2.24) is 14.8 Å². The summed E-state index contributed by atoms with van der Waals surface area (Å²) in [6.07, 6.45) is 1.69. The minimum atomic E-state index is -0.550. The van der Waals surface area contributed by atoms with E-state index in [-0.39, 0.29) is 5.69 Å². The molecule has 2 heterocycles. The molecular formula is C12H15N5O. The molecule has 0 fully saturated rings. The molecule has 94 valence electrons. The minimum Gasteiger partial charge on any atom is -0.364 e. The lowest BCUT2D eigenvalue weighted by Gasteiger charge is -2.11. The van der Waals surface area contributed by atoms with Crippen LogP contribution in [0.1, 0.15) is 27.4 Å². The maximum atomic E-state index is 11.0. The summed E-state index contributed by atoms with van der Waals surface area (Å²) in [7, 11) is 0. The Kier molecular flexibility index (Phi) is 3.12. The van der Waals surface area contributed by atoms with Crippen LogP contribution in [0.3, 0.4) is 0 Å². The number of hydrogen-bond donors (Lipinski definition) is 2. The Morgan fingerprint density at radius 1 is 1.44 bits per heavy atom. The normalized spacial score (nSPS) is 10.6. The highest BCUT2D eigenvalue weighted by molar-refractivity contribution is 5.90. The molecule has 2 aromatic rings. The minimum absolute atomic E-state index is 0.227. The van der Waals surface area contributed by atoms with Crippen LogP contribution in [0, 0.1) is 13.8 Å². The first-order valence-corrected chi connectivity index (χ1v) is 5.56. The van der Waals surface area contributed by atoms with E-state index in [2.05, 4.69) is 10.1 Å². The van der Waals surface area contributed by atoms with Crippen LogP contribution in [0.15, 0.2) is 18.3 Å². The third-order valence-electron chi connectivity index (χ3n) is 2.73. The molecule has 2 rings (SSSR count). The molecule has 0 radical (unpaired) electrons. The van der Waals surface area contributed by atoms with E-state index < -0.39 is 5.91 Å². The van der Waals surface area contributed by atoms with Gasteiger partial charge in [0.15, 0.2) is 0 Å². The molecular weight excluding hydrogens is 230 g/mol. The number of carbonyl (C=O) groups excluding carboxylic acids is 1. The fraction of sp³-hybridized carbons (Fsp3) is 0.250. The first kappa shape index (κ1) is 12.3. The van der Waals surface area contributed by atoms with Crippen LogP contribution in [0.5, 0.6) is 0 Å². The van der Waals surface area contributed by atoms with Crippen molar-refractivity contribution in [2.45, 2.75) is 20.4 Å². The van der Waals surface area contributed by atoms with Crippen molar-refractivity contribution >= 4 is 5.91 Å². The van der Waals surface area contributed by atoms with Gasteiger partial charge in [-0.25, -0.2) is 4.68 Å². The highest BCUT2D eigenvalue weighted by atomic mass is 16.1. The van der Waals surface area contributed by atoms with Crippen LogP contribution in [-0.4, -0.2) is 20.7 Å². The van der Waals surface area contributed by atoms with Gasteiger partial charge in [0, 0.05) is 29.7 Å². The molecule has 1 amide bonds. The molecule has 6 nitrogen and oxygen atoms in total. The number of aromatic nitrogens is 3. The van der Waals surface area contributed by atoms with E-state index in [9.17, 15) is 4.79 Å². The number of nitrogens with two attached hydrogens (primary N) is 2. The van der Waals surface area contributed by atoms with Crippen molar-refractivity contribution in [2.24, 2.45) is 11.5 Å². The number of rotatable bonds is 3. The molecule has 0 spiro atoms. The summed E-state index contributed by atoms with van der Waals surface area (Å²) in [5.74, 6) is -0.550. The zero-order chi connectivity index (χ0) is 13.3. The van der Waals surface area contributed by atoms with Crippen LogP contribution in [0.2, 0.25) is 0 Å². The molecule has 0 aliphatic rings. The van der Waals surface area contributed by atoms with Gasteiger partial charge in [-0.3, -0.25) is 9.78 Å². The molecule has 0 saturated carbocycles. The van der Waals surface area contributed by atoms with E-state index in [4.69, 9.17) is 11.5 Å². The average Bonchev–Trinajstić information content (AvgIpc) is 2.77. The van der Waals surface area contributed by atoms with E-state index >= 15 is 0 Å². The molecule has 0 aliphatic carbocycles. The van der Waals surface area contributed by atoms with Gasteiger partial charge in [-0.05, 0) is 26.0 Å². The molecule has 0 bridgehead atoms. The van der Waals surface area contributed by atoms with E-state index in [0.717, 1.165) is 22.6 Å². The van der Waals surface area contributed by atoms with Crippen molar-refractivity contribution in [3.63, 3.8) is 0 Å². The summed E-state index contributed by atoms with van der Waals surface area (Å²) in [6.45, 7) is 4.16. The molecule has 2 aromatic heterocycles. The number of aryl methyl sites for hydroxylation is 2. The van der Waals surface area contributed by atoms with Crippen molar-refractivity contribution < 1.29 is 4.79 Å². The highest BCUT2D eigenvalue weighted by Gasteiger charge is 2.11. The Bertz CT molecular complexity index is 603. The van der Waals surface area contributed by atoms with Gasteiger partial charge >= 0.3 is 0 Å². The molecule has 0 saturated heterocycles. The number of carbonyl (C=O) groups is 1. The molecule has 18 heavy (non-hydrogen) atoms. The van der Waals surface area contributed by atoms with Gasteiger partial charge < -0.3 is 11.5 Å². The Balaban J connectivity index is 2.58. The van der Waals surface area contributed by atoms with Gasteiger partial charge in [-0.15, -0.1) is 0 Å². The molecule has 0 unspecified atom stereocenters. The third-order valence-corrected chi connectivity index (χ3v) is 2.73. The lowest BCUT2D eigenvalue weighted by Crippen LogP contribution is -2.13. The topological polar surface area (TPSA) is 99.8 Å². The fourth-order valence-electron chi connectivity index (χ4n) is 1.88. The third kappa shape index (κ3) is 2.10. The summed E-state index contributed by atoms with van der Waals surface area (Å²) in [6, 6.07) is 3.46. The number of nitrogens with zero attached hydrogens (tertiary/aromatic N) is 3. The quantitative estimate of drug-likeness (QED) is 0.819. The number of pyridine rings is 1. The summed E-state index contributed by atoms with van der Waals surface area (Å²) in [5, 5.41) is 4.13. The lowest BCUT2D eigenvalue weighted by molar-refractivity contribution is 0.0995. The second-order valence-electron chi connectivity index (χ2n) is 4.06. The van der Waals surface area contributed by atoms with Crippen LogP contribution in [0.25, 0.3) is 5.69 Å². The first-order chi connectivity index (χ1) is 8.52. The summed E-state index contributed by atoms with van der Waals surface area (Å²) >= 11 is 0. The van der Waals surface area contributed by atoms with E-state index in [1.165, 1.54) is 0 Å². The van der Waals surface area contributed by atoms with Crippen molar-refractivity contribution in [2.75, 3.05) is 0 Å². The molecule has 6 heteroatoms. The first-order valence-electron chi connectivity index (χ1n) is 5.56. The van der Waals surface area contributed by atoms with Crippen molar-refractivity contribution in [3.05, 3.63) is 41.0 Å². The largest absolute Gasteiger partial charge is 0.364 e. The van der Waals surface area contributed by atoms with Gasteiger partial charge in [0.1, 0.15) is 5.69 Å². The van der Waals surface area contributed by atoms with Gasteiger partial charge in [-0.2, -0.15) is 5.10 Å². The summed E-state index contributed by atoms with van der Waals surface area (Å²) in [4.78, 5) is 15.4. The molecule has 0 atom stereocenters. The Morgan fingerprint density at radius 3 is 2.72 bits per heavy atom. The fourth-order valence-corrected chi connectivity index (χ4v) is 1.88. The van der Waals surface area contributed by atoms with Gasteiger partial charge in [0.05, 0.1) is 5.69 Å². The Labute approximate surface area is 105 Å². The van der Waals surface area contributed by atoms with Crippen LogP contribution < -0.4 is 11.5 Å². The maximum absolute atomic E-state index is 11.0. The van der Waals surface area contributed by atoms with Crippen LogP contribution in [-0.2, 0) is 6.54 Å². The SMILES string of the molecule is Cc1cc(-n2ccc(C(N)=O)n2)c(CN)c(C)n1. The second-order valence-corrected chi connectivity index (χ2v) is 4.06. The number of primary amides is 1. The monoisotopic (exact) mass is 245 g/mol. The zero-order valence-electron chi connectivity index (χ0n) is 10.3. The Morgan fingerprint density at radius 2 is 2.17 bits per heavy atom. The number of amides is 1. The van der Waals surface area contributed by atoms with Gasteiger partial charge in [0.25, 0.3) is 5.91 Å². The Hall–Kier alpha value is -2.21. The van der Waals surface area contributed by atoms with E-state index in [1.807, 2.05) is 19.9 Å². The summed E-state index contributed by atoms with van der Waals surface area (Å²) < 4.78 is 1.60. The molecule has 4 N–H and O–H groups in total. The molecule has 0 aliphatic heterocycles. The predicted octanol–water partition coefficient (Wildman–Crippen LogP) is 0.442. The lowest BCUT2D eigenvalue weighted by atomic mass is 10.1. The average molecular weight is 245 g/mol. The van der Waals surface area contributed by atoms with Crippen LogP contribution in [0.4, 0.5) is 0 Å². The second kappa shape index (κ2) is 4.58.